The summed E-state index contributed by atoms with van der Waals surface area (Å²) in [4.78, 5) is 15.1. The van der Waals surface area contributed by atoms with Crippen LogP contribution in [0.2, 0.25) is 0 Å². The molecule has 3 rings (SSSR count). The molecule has 0 amide bonds. The Kier molecular flexibility index (Phi) is 4.77. The van der Waals surface area contributed by atoms with E-state index in [4.69, 9.17) is 14.6 Å². The Bertz CT molecular complexity index is 868. The van der Waals surface area contributed by atoms with Crippen molar-refractivity contribution >= 4 is 39.7 Å². The number of fused-ring (bicyclic) bond motifs is 1. The molecule has 1 N–H and O–H groups in total. The van der Waals surface area contributed by atoms with Crippen molar-refractivity contribution in [1.82, 2.24) is 4.98 Å². The van der Waals surface area contributed by atoms with E-state index in [9.17, 15) is 4.79 Å². The van der Waals surface area contributed by atoms with Crippen LogP contribution in [-0.4, -0.2) is 29.8 Å². The van der Waals surface area contributed by atoms with Crippen LogP contribution in [0, 0.1) is 0 Å². The van der Waals surface area contributed by atoms with Crippen LogP contribution in [0.25, 0.3) is 22.4 Å². The molecule has 2 aromatic carbocycles. The second-order valence-electron chi connectivity index (χ2n) is 4.95. The molecule has 1 aromatic heterocycles. The Morgan fingerprint density at radius 1 is 1.21 bits per heavy atom. The number of rotatable bonds is 6. The third kappa shape index (κ3) is 3.72. The van der Waals surface area contributed by atoms with Crippen LogP contribution < -0.4 is 9.47 Å². The molecule has 6 heteroatoms. The maximum atomic E-state index is 10.6. The van der Waals surface area contributed by atoms with E-state index in [0.29, 0.717) is 11.5 Å². The maximum absolute atomic E-state index is 10.6. The van der Waals surface area contributed by atoms with Gasteiger partial charge in [0.1, 0.15) is 5.01 Å². The molecule has 1 heterocycles. The molecule has 0 radical (unpaired) electrons. The summed E-state index contributed by atoms with van der Waals surface area (Å²) in [6.07, 6.45) is 3.87. The number of thiazole rings is 1. The van der Waals surface area contributed by atoms with Crippen molar-refractivity contribution in [3.05, 3.63) is 53.0 Å². The first-order chi connectivity index (χ1) is 11.7. The highest BCUT2D eigenvalue weighted by molar-refractivity contribution is 7.19. The molecule has 0 unspecified atom stereocenters. The fourth-order valence-corrected chi connectivity index (χ4v) is 3.05. The fraction of sp³-hybridized carbons (Fsp3) is 0.111. The number of carboxylic acids is 1. The SMILES string of the molecule is COc1cc(/C=C\c2nc3ccccc3s2)ccc1OCC(=O)O. The minimum absolute atomic E-state index is 0.400. The van der Waals surface area contributed by atoms with E-state index in [1.165, 1.54) is 7.11 Å². The van der Waals surface area contributed by atoms with Crippen molar-refractivity contribution in [1.29, 1.82) is 0 Å². The summed E-state index contributed by atoms with van der Waals surface area (Å²) in [6.45, 7) is -0.406. The predicted molar refractivity (Wildman–Crippen MR) is 94.7 cm³/mol. The van der Waals surface area contributed by atoms with Crippen LogP contribution >= 0.6 is 11.3 Å². The minimum Gasteiger partial charge on any atom is -0.493 e. The summed E-state index contributed by atoms with van der Waals surface area (Å²) < 4.78 is 11.6. The number of hydrogen-bond donors (Lipinski definition) is 1. The van der Waals surface area contributed by atoms with Crippen molar-refractivity contribution < 1.29 is 19.4 Å². The smallest absolute Gasteiger partial charge is 0.341 e. The van der Waals surface area contributed by atoms with Gasteiger partial charge in [0.2, 0.25) is 0 Å². The van der Waals surface area contributed by atoms with Gasteiger partial charge in [0.15, 0.2) is 18.1 Å². The molecule has 3 aromatic rings. The molecule has 0 saturated heterocycles. The van der Waals surface area contributed by atoms with Gasteiger partial charge >= 0.3 is 5.97 Å². The largest absolute Gasteiger partial charge is 0.493 e. The van der Waals surface area contributed by atoms with Gasteiger partial charge in [-0.05, 0) is 35.9 Å². The van der Waals surface area contributed by atoms with Gasteiger partial charge in [-0.25, -0.2) is 9.78 Å². The van der Waals surface area contributed by atoms with Gasteiger partial charge in [0.25, 0.3) is 0 Å². The number of benzene rings is 2. The van der Waals surface area contributed by atoms with E-state index in [0.717, 1.165) is 20.8 Å². The quantitative estimate of drug-likeness (QED) is 0.735. The molecular formula is C18H15NO4S. The van der Waals surface area contributed by atoms with Crippen molar-refractivity contribution in [2.75, 3.05) is 13.7 Å². The zero-order valence-corrected chi connectivity index (χ0v) is 13.7. The lowest BCUT2D eigenvalue weighted by Gasteiger charge is -2.09. The molecule has 0 aliphatic carbocycles. The average molecular weight is 341 g/mol. The molecule has 24 heavy (non-hydrogen) atoms. The molecular weight excluding hydrogens is 326 g/mol. The third-order valence-electron chi connectivity index (χ3n) is 3.27. The number of carboxylic acid groups (broad SMARTS) is 1. The summed E-state index contributed by atoms with van der Waals surface area (Å²) >= 11 is 1.62. The fourth-order valence-electron chi connectivity index (χ4n) is 2.18. The van der Waals surface area contributed by atoms with Gasteiger partial charge in [-0.2, -0.15) is 0 Å². The van der Waals surface area contributed by atoms with E-state index in [-0.39, 0.29) is 0 Å². The second kappa shape index (κ2) is 7.14. The van der Waals surface area contributed by atoms with Crippen LogP contribution in [0.3, 0.4) is 0 Å². The number of carbonyl (C=O) groups is 1. The zero-order valence-electron chi connectivity index (χ0n) is 12.9. The van der Waals surface area contributed by atoms with Crippen LogP contribution in [0.1, 0.15) is 10.6 Å². The normalized spacial score (nSPS) is 11.0. The Morgan fingerprint density at radius 2 is 2.04 bits per heavy atom. The molecule has 0 aliphatic heterocycles. The standard InChI is InChI=1S/C18H15NO4S/c1-22-15-10-12(6-8-14(15)23-11-18(20)21)7-9-17-19-13-4-2-3-5-16(13)24-17/h2-10H,11H2,1H3,(H,20,21)/b9-7-. The van der Waals surface area contributed by atoms with Crippen LogP contribution in [0.4, 0.5) is 0 Å². The third-order valence-corrected chi connectivity index (χ3v) is 4.27. The topological polar surface area (TPSA) is 68.7 Å². The van der Waals surface area contributed by atoms with Gasteiger partial charge < -0.3 is 14.6 Å². The van der Waals surface area contributed by atoms with Crippen molar-refractivity contribution in [2.24, 2.45) is 0 Å². The molecule has 0 spiro atoms. The summed E-state index contributed by atoms with van der Waals surface area (Å²) in [7, 11) is 1.52. The monoisotopic (exact) mass is 341 g/mol. The average Bonchev–Trinajstić information content (AvgIpc) is 3.01. The maximum Gasteiger partial charge on any atom is 0.341 e. The lowest BCUT2D eigenvalue weighted by molar-refractivity contribution is -0.139. The molecule has 0 atom stereocenters. The van der Waals surface area contributed by atoms with Gasteiger partial charge in [0.05, 0.1) is 17.3 Å². The summed E-state index contributed by atoms with van der Waals surface area (Å²) in [5.41, 5.74) is 1.89. The number of nitrogens with zero attached hydrogens (tertiary/aromatic N) is 1. The van der Waals surface area contributed by atoms with Crippen LogP contribution in [0.5, 0.6) is 11.5 Å². The Balaban J connectivity index is 1.80. The van der Waals surface area contributed by atoms with Crippen molar-refractivity contribution in [2.45, 2.75) is 0 Å². The van der Waals surface area contributed by atoms with E-state index in [1.54, 1.807) is 23.5 Å². The number of ether oxygens (including phenoxy) is 2. The first kappa shape index (κ1) is 16.0. The van der Waals surface area contributed by atoms with Gasteiger partial charge in [-0.15, -0.1) is 11.3 Å². The number of hydrogen-bond acceptors (Lipinski definition) is 5. The summed E-state index contributed by atoms with van der Waals surface area (Å²) in [6, 6.07) is 13.3. The molecule has 122 valence electrons. The molecule has 0 fully saturated rings. The highest BCUT2D eigenvalue weighted by atomic mass is 32.1. The number of para-hydroxylation sites is 1. The minimum atomic E-state index is -1.03. The van der Waals surface area contributed by atoms with E-state index >= 15 is 0 Å². The predicted octanol–water partition coefficient (Wildman–Crippen LogP) is 3.94. The number of aliphatic carboxylic acids is 1. The highest BCUT2D eigenvalue weighted by Crippen LogP contribution is 2.29. The first-order valence-electron chi connectivity index (χ1n) is 7.22. The van der Waals surface area contributed by atoms with Gasteiger partial charge in [-0.1, -0.05) is 24.3 Å². The second-order valence-corrected chi connectivity index (χ2v) is 6.01. The van der Waals surface area contributed by atoms with E-state index < -0.39 is 12.6 Å². The van der Waals surface area contributed by atoms with Crippen molar-refractivity contribution in [3.63, 3.8) is 0 Å². The van der Waals surface area contributed by atoms with Gasteiger partial charge in [0, 0.05) is 0 Å². The zero-order chi connectivity index (χ0) is 16.9. The number of aromatic nitrogens is 1. The Hall–Kier alpha value is -2.86. The Morgan fingerprint density at radius 3 is 2.79 bits per heavy atom. The summed E-state index contributed by atoms with van der Waals surface area (Å²) in [5, 5.41) is 9.60. The van der Waals surface area contributed by atoms with E-state index in [2.05, 4.69) is 4.98 Å². The highest BCUT2D eigenvalue weighted by Gasteiger charge is 2.07. The van der Waals surface area contributed by atoms with Crippen LogP contribution in [-0.2, 0) is 4.79 Å². The van der Waals surface area contributed by atoms with E-state index in [1.807, 2.05) is 42.5 Å². The Labute approximate surface area is 142 Å². The lowest BCUT2D eigenvalue weighted by Crippen LogP contribution is -2.10. The van der Waals surface area contributed by atoms with Crippen LogP contribution in [0.15, 0.2) is 42.5 Å². The van der Waals surface area contributed by atoms with Gasteiger partial charge in [-0.3, -0.25) is 0 Å². The number of methoxy groups -OCH3 is 1. The molecule has 0 bridgehead atoms. The summed E-state index contributed by atoms with van der Waals surface area (Å²) in [5.74, 6) is -0.142. The molecule has 5 nitrogen and oxygen atoms in total. The lowest BCUT2D eigenvalue weighted by atomic mass is 10.2. The molecule has 0 aliphatic rings. The first-order valence-corrected chi connectivity index (χ1v) is 8.03. The van der Waals surface area contributed by atoms with Crippen molar-refractivity contribution in [3.8, 4) is 11.5 Å². The molecule has 0 saturated carbocycles.